The van der Waals surface area contributed by atoms with Crippen molar-refractivity contribution in [2.75, 3.05) is 0 Å². The summed E-state index contributed by atoms with van der Waals surface area (Å²) in [5.74, 6) is -0.679. The second-order valence-corrected chi connectivity index (χ2v) is 3.75. The topological polar surface area (TPSA) is 68.9 Å². The summed E-state index contributed by atoms with van der Waals surface area (Å²) in [6.45, 7) is 1.58. The quantitative estimate of drug-likeness (QED) is 0.847. The van der Waals surface area contributed by atoms with Gasteiger partial charge in [-0.25, -0.2) is 0 Å². The summed E-state index contributed by atoms with van der Waals surface area (Å²) in [6.07, 6.45) is -2.31. The Morgan fingerprint density at radius 1 is 1.28 bits per heavy atom. The molecular weight excluding hydrogens is 247 g/mol. The summed E-state index contributed by atoms with van der Waals surface area (Å²) in [5, 5.41) is 0.374. The Labute approximate surface area is 99.6 Å². The molecule has 0 unspecified atom stereocenters. The summed E-state index contributed by atoms with van der Waals surface area (Å²) >= 11 is 0. The molecule has 0 aromatic carbocycles. The fourth-order valence-electron chi connectivity index (χ4n) is 1.62. The summed E-state index contributed by atoms with van der Waals surface area (Å²) in [7, 11) is 0. The van der Waals surface area contributed by atoms with Gasteiger partial charge in [-0.15, -0.1) is 0 Å². The number of alkyl halides is 3. The lowest BCUT2D eigenvalue weighted by Gasteiger charge is -2.09. The number of carbonyl (C=O) groups excluding carboxylic acids is 1. The molecule has 0 bridgehead atoms. The Bertz CT molecular complexity index is 637. The number of hydrogen-bond donors (Lipinski definition) is 1. The fourth-order valence-corrected chi connectivity index (χ4v) is 1.62. The minimum Gasteiger partial charge on any atom is -0.366 e. The molecule has 0 saturated carbocycles. The van der Waals surface area contributed by atoms with E-state index >= 15 is 0 Å². The molecule has 18 heavy (non-hydrogen) atoms. The number of fused-ring (bicyclic) bond motifs is 1. The normalized spacial score (nSPS) is 11.8. The lowest BCUT2D eigenvalue weighted by atomic mass is 10.1. The second-order valence-electron chi connectivity index (χ2n) is 3.75. The van der Waals surface area contributed by atoms with Gasteiger partial charge in [-0.05, 0) is 18.6 Å². The van der Waals surface area contributed by atoms with Gasteiger partial charge in [0.15, 0.2) is 0 Å². The highest BCUT2D eigenvalue weighted by Gasteiger charge is 2.32. The Hall–Kier alpha value is -2.18. The van der Waals surface area contributed by atoms with Crippen LogP contribution in [0.5, 0.6) is 0 Å². The number of aryl methyl sites for hydroxylation is 1. The number of halogens is 3. The van der Waals surface area contributed by atoms with Crippen LogP contribution in [0.25, 0.3) is 10.9 Å². The minimum atomic E-state index is -4.52. The van der Waals surface area contributed by atoms with Gasteiger partial charge in [0.2, 0.25) is 0 Å². The maximum Gasteiger partial charge on any atom is 0.433 e. The van der Waals surface area contributed by atoms with Crippen molar-refractivity contribution in [1.82, 2.24) is 9.97 Å². The van der Waals surface area contributed by atoms with Gasteiger partial charge in [-0.2, -0.15) is 13.2 Å². The average Bonchev–Trinajstić information content (AvgIpc) is 2.27. The van der Waals surface area contributed by atoms with E-state index in [1.807, 2.05) is 0 Å². The predicted octanol–water partition coefficient (Wildman–Crippen LogP) is 2.06. The number of amides is 1. The number of pyridine rings is 2. The third kappa shape index (κ3) is 1.99. The second kappa shape index (κ2) is 3.94. The van der Waals surface area contributed by atoms with Crippen LogP contribution in [0.2, 0.25) is 0 Å². The van der Waals surface area contributed by atoms with Crippen LogP contribution in [0.15, 0.2) is 18.5 Å². The van der Waals surface area contributed by atoms with Crippen LogP contribution in [-0.2, 0) is 6.18 Å². The molecular formula is C11H8F3N3O. The molecule has 2 heterocycles. The third-order valence-electron chi connectivity index (χ3n) is 2.58. The van der Waals surface area contributed by atoms with Crippen molar-refractivity contribution in [3.05, 3.63) is 35.3 Å². The molecule has 0 saturated heterocycles. The number of nitrogens with zero attached hydrogens (tertiary/aromatic N) is 2. The number of carbonyl (C=O) groups is 1. The van der Waals surface area contributed by atoms with Crippen LogP contribution >= 0.6 is 0 Å². The first-order valence-corrected chi connectivity index (χ1v) is 4.93. The van der Waals surface area contributed by atoms with E-state index in [0.29, 0.717) is 10.9 Å². The van der Waals surface area contributed by atoms with Gasteiger partial charge in [0.05, 0.1) is 11.1 Å². The van der Waals surface area contributed by atoms with Crippen LogP contribution in [0.1, 0.15) is 21.6 Å². The van der Waals surface area contributed by atoms with E-state index in [2.05, 4.69) is 9.97 Å². The zero-order valence-corrected chi connectivity index (χ0v) is 9.25. The van der Waals surface area contributed by atoms with Gasteiger partial charge >= 0.3 is 6.18 Å². The molecule has 0 aliphatic heterocycles. The first-order chi connectivity index (χ1) is 8.30. The van der Waals surface area contributed by atoms with Crippen molar-refractivity contribution in [3.8, 4) is 0 Å². The average molecular weight is 255 g/mol. The highest BCUT2D eigenvalue weighted by Crippen LogP contribution is 2.29. The monoisotopic (exact) mass is 255 g/mol. The zero-order chi connectivity index (χ0) is 13.5. The molecule has 4 nitrogen and oxygen atoms in total. The molecule has 0 aliphatic carbocycles. The third-order valence-corrected chi connectivity index (χ3v) is 2.58. The van der Waals surface area contributed by atoms with Gasteiger partial charge in [0.1, 0.15) is 5.69 Å². The molecule has 94 valence electrons. The van der Waals surface area contributed by atoms with Crippen molar-refractivity contribution in [1.29, 1.82) is 0 Å². The largest absolute Gasteiger partial charge is 0.433 e. The van der Waals surface area contributed by atoms with Crippen LogP contribution < -0.4 is 5.73 Å². The Kier molecular flexibility index (Phi) is 2.68. The van der Waals surface area contributed by atoms with Crippen LogP contribution in [0.4, 0.5) is 13.2 Å². The molecule has 2 rings (SSSR count). The predicted molar refractivity (Wildman–Crippen MR) is 57.8 cm³/mol. The molecule has 2 N–H and O–H groups in total. The van der Waals surface area contributed by atoms with Gasteiger partial charge in [-0.3, -0.25) is 14.8 Å². The highest BCUT2D eigenvalue weighted by atomic mass is 19.4. The standard InChI is InChI=1S/C11H8F3N3O/c1-5-6-3-17-9(11(12,13)14)2-8(6)16-4-7(5)10(15)18/h2-4H,1H3,(H2,15,18). The van der Waals surface area contributed by atoms with Gasteiger partial charge in [0, 0.05) is 17.8 Å². The maximum atomic E-state index is 12.5. The van der Waals surface area contributed by atoms with Gasteiger partial charge in [0.25, 0.3) is 5.91 Å². The molecule has 0 aliphatic rings. The Balaban J connectivity index is 2.69. The van der Waals surface area contributed by atoms with Crippen molar-refractivity contribution >= 4 is 16.8 Å². The lowest BCUT2D eigenvalue weighted by molar-refractivity contribution is -0.141. The summed E-state index contributed by atoms with van der Waals surface area (Å²) in [5.41, 5.74) is 4.87. The first kappa shape index (κ1) is 12.3. The van der Waals surface area contributed by atoms with E-state index in [9.17, 15) is 18.0 Å². The van der Waals surface area contributed by atoms with E-state index in [1.165, 1.54) is 6.20 Å². The van der Waals surface area contributed by atoms with Crippen molar-refractivity contribution in [2.45, 2.75) is 13.1 Å². The number of hydrogen-bond acceptors (Lipinski definition) is 3. The Morgan fingerprint density at radius 3 is 2.50 bits per heavy atom. The minimum absolute atomic E-state index is 0.125. The van der Waals surface area contributed by atoms with Crippen LogP contribution in [0, 0.1) is 6.92 Å². The van der Waals surface area contributed by atoms with Crippen molar-refractivity contribution in [2.24, 2.45) is 5.73 Å². The molecule has 0 fully saturated rings. The molecule has 0 atom stereocenters. The number of aromatic nitrogens is 2. The maximum absolute atomic E-state index is 12.5. The first-order valence-electron chi connectivity index (χ1n) is 4.93. The lowest BCUT2D eigenvalue weighted by Crippen LogP contribution is -2.14. The fraction of sp³-hybridized carbons (Fsp3) is 0.182. The number of rotatable bonds is 1. The van der Waals surface area contributed by atoms with Crippen molar-refractivity contribution < 1.29 is 18.0 Å². The van der Waals surface area contributed by atoms with Gasteiger partial charge in [-0.1, -0.05) is 0 Å². The highest BCUT2D eigenvalue weighted by molar-refractivity contribution is 5.98. The number of primary amides is 1. The Morgan fingerprint density at radius 2 is 1.94 bits per heavy atom. The zero-order valence-electron chi connectivity index (χ0n) is 9.25. The van der Waals surface area contributed by atoms with E-state index in [1.54, 1.807) is 6.92 Å². The van der Waals surface area contributed by atoms with E-state index in [0.717, 1.165) is 12.3 Å². The number of nitrogens with two attached hydrogens (primary N) is 1. The van der Waals surface area contributed by atoms with E-state index in [4.69, 9.17) is 5.73 Å². The van der Waals surface area contributed by atoms with Crippen LogP contribution in [0.3, 0.4) is 0 Å². The van der Waals surface area contributed by atoms with E-state index < -0.39 is 17.8 Å². The summed E-state index contributed by atoms with van der Waals surface area (Å²) in [4.78, 5) is 18.2. The smallest absolute Gasteiger partial charge is 0.366 e. The molecule has 7 heteroatoms. The van der Waals surface area contributed by atoms with Gasteiger partial charge < -0.3 is 5.73 Å². The van der Waals surface area contributed by atoms with E-state index in [-0.39, 0.29) is 11.1 Å². The van der Waals surface area contributed by atoms with Crippen molar-refractivity contribution in [3.63, 3.8) is 0 Å². The molecule has 0 spiro atoms. The summed E-state index contributed by atoms with van der Waals surface area (Å²) in [6, 6.07) is 0.840. The molecule has 1 amide bonds. The molecule has 2 aromatic heterocycles. The summed E-state index contributed by atoms with van der Waals surface area (Å²) < 4.78 is 37.4. The molecule has 2 aromatic rings. The molecule has 0 radical (unpaired) electrons. The SMILES string of the molecule is Cc1c(C(N)=O)cnc2cc(C(F)(F)F)ncc12. The van der Waals surface area contributed by atoms with Crippen LogP contribution in [-0.4, -0.2) is 15.9 Å².